The van der Waals surface area contributed by atoms with Crippen molar-refractivity contribution in [1.29, 1.82) is 5.26 Å². The quantitative estimate of drug-likeness (QED) is 0.286. The highest BCUT2D eigenvalue weighted by Crippen LogP contribution is 2.34. The van der Waals surface area contributed by atoms with Gasteiger partial charge in [-0.25, -0.2) is 4.98 Å². The van der Waals surface area contributed by atoms with Gasteiger partial charge in [0, 0.05) is 5.56 Å². The molecule has 0 radical (unpaired) electrons. The number of terminal acetylenes is 1. The maximum Gasteiger partial charge on any atom is 0.171 e. The highest BCUT2D eigenvalue weighted by Gasteiger charge is 2.11. The Labute approximate surface area is 166 Å². The molecule has 0 aliphatic rings. The fraction of sp³-hybridized carbons (Fsp3) is 0.0435. The number of thioether (sulfide) groups is 1. The van der Waals surface area contributed by atoms with Crippen molar-refractivity contribution in [3.05, 3.63) is 71.1 Å². The van der Waals surface area contributed by atoms with E-state index in [1.54, 1.807) is 0 Å². The van der Waals surface area contributed by atoms with E-state index < -0.39 is 0 Å². The van der Waals surface area contributed by atoms with E-state index in [4.69, 9.17) is 11.2 Å². The molecule has 4 aromatic rings. The van der Waals surface area contributed by atoms with Crippen LogP contribution in [-0.4, -0.2) is 16.6 Å². The van der Waals surface area contributed by atoms with E-state index >= 15 is 0 Å². The summed E-state index contributed by atoms with van der Waals surface area (Å²) in [6.45, 7) is 0.164. The molecule has 0 amide bonds. The number of aromatic amines is 1. The number of hydrogen-bond acceptors (Lipinski definition) is 4. The lowest BCUT2D eigenvalue weighted by Gasteiger charge is -2.10. The number of allylic oxidation sites excluding steroid dienone is 1. The third kappa shape index (κ3) is 3.57. The average molecular weight is 381 g/mol. The van der Waals surface area contributed by atoms with Crippen molar-refractivity contribution in [1.82, 2.24) is 9.97 Å². The van der Waals surface area contributed by atoms with Crippen molar-refractivity contribution in [3.8, 4) is 24.2 Å². The number of para-hydroxylation sites is 2. The molecule has 1 heterocycles. The van der Waals surface area contributed by atoms with Crippen LogP contribution in [0.2, 0.25) is 0 Å². The first-order valence-electron chi connectivity index (χ1n) is 8.61. The van der Waals surface area contributed by atoms with Crippen LogP contribution in [0.1, 0.15) is 5.56 Å². The highest BCUT2D eigenvalue weighted by molar-refractivity contribution is 8.03. The number of ether oxygens (including phenoxy) is 1. The molecule has 0 aliphatic carbocycles. The first kappa shape index (κ1) is 17.7. The van der Waals surface area contributed by atoms with E-state index in [-0.39, 0.29) is 6.61 Å². The maximum absolute atomic E-state index is 9.71. The molecular weight excluding hydrogens is 366 g/mol. The number of imidazole rings is 1. The van der Waals surface area contributed by atoms with Crippen LogP contribution in [0.15, 0.2) is 70.7 Å². The van der Waals surface area contributed by atoms with E-state index in [0.717, 1.165) is 27.4 Å². The first-order valence-corrected chi connectivity index (χ1v) is 9.42. The van der Waals surface area contributed by atoms with Gasteiger partial charge < -0.3 is 9.72 Å². The van der Waals surface area contributed by atoms with Gasteiger partial charge in [0.1, 0.15) is 18.4 Å². The zero-order valence-electron chi connectivity index (χ0n) is 14.8. The lowest BCUT2D eigenvalue weighted by molar-refractivity contribution is 0.370. The summed E-state index contributed by atoms with van der Waals surface area (Å²) in [4.78, 5) is 8.27. The molecular formula is C23H15N3OS. The normalized spacial score (nSPS) is 11.3. The molecule has 4 rings (SSSR count). The Hall–Kier alpha value is -3.67. The molecule has 0 saturated heterocycles. The van der Waals surface area contributed by atoms with Gasteiger partial charge in [-0.2, -0.15) is 5.26 Å². The number of nitrogens with one attached hydrogen (secondary N) is 1. The molecule has 134 valence electrons. The lowest BCUT2D eigenvalue weighted by Crippen LogP contribution is -1.96. The Balaban J connectivity index is 1.77. The van der Waals surface area contributed by atoms with Crippen LogP contribution in [0.25, 0.3) is 27.9 Å². The van der Waals surface area contributed by atoms with E-state index in [9.17, 15) is 5.26 Å². The predicted octanol–water partition coefficient (Wildman–Crippen LogP) is 5.38. The van der Waals surface area contributed by atoms with Crippen LogP contribution in [0.3, 0.4) is 0 Å². The summed E-state index contributed by atoms with van der Waals surface area (Å²) < 4.78 is 5.72. The molecule has 0 saturated carbocycles. The van der Waals surface area contributed by atoms with Crippen molar-refractivity contribution in [2.45, 2.75) is 5.16 Å². The molecule has 0 spiro atoms. The summed E-state index contributed by atoms with van der Waals surface area (Å²) in [6, 6.07) is 21.9. The Morgan fingerprint density at radius 1 is 1.14 bits per heavy atom. The first-order chi connectivity index (χ1) is 13.8. The smallest absolute Gasteiger partial charge is 0.171 e. The number of fused-ring (bicyclic) bond motifs is 2. The molecule has 0 unspecified atom stereocenters. The third-order valence-corrected chi connectivity index (χ3v) is 5.02. The van der Waals surface area contributed by atoms with Crippen LogP contribution >= 0.6 is 11.8 Å². The second-order valence-corrected chi connectivity index (χ2v) is 7.00. The predicted molar refractivity (Wildman–Crippen MR) is 114 cm³/mol. The molecule has 0 aliphatic heterocycles. The van der Waals surface area contributed by atoms with Crippen LogP contribution in [0, 0.1) is 23.7 Å². The Bertz CT molecular complexity index is 1240. The highest BCUT2D eigenvalue weighted by atomic mass is 32.2. The number of H-pyrrole nitrogens is 1. The number of nitriles is 1. The van der Waals surface area contributed by atoms with Crippen LogP contribution < -0.4 is 4.74 Å². The lowest BCUT2D eigenvalue weighted by atomic mass is 10.0. The number of aromatic nitrogens is 2. The van der Waals surface area contributed by atoms with Crippen LogP contribution in [-0.2, 0) is 0 Å². The zero-order chi connectivity index (χ0) is 19.3. The summed E-state index contributed by atoms with van der Waals surface area (Å²) in [5.41, 5.74) is 2.63. The second-order valence-electron chi connectivity index (χ2n) is 5.97. The van der Waals surface area contributed by atoms with Gasteiger partial charge in [0.25, 0.3) is 0 Å². The van der Waals surface area contributed by atoms with Gasteiger partial charge in [0.15, 0.2) is 5.16 Å². The van der Waals surface area contributed by atoms with E-state index in [1.165, 1.54) is 11.8 Å². The fourth-order valence-corrected chi connectivity index (χ4v) is 3.70. The van der Waals surface area contributed by atoms with Crippen LogP contribution in [0.4, 0.5) is 0 Å². The fourth-order valence-electron chi connectivity index (χ4n) is 2.97. The molecule has 28 heavy (non-hydrogen) atoms. The standard InChI is InChI=1S/C23H15N3OS/c1-2-13-27-22-12-11-16-7-3-4-8-18(16)19(22)14-17(15-24)28-23-25-20-9-5-6-10-21(20)26-23/h1,3-12,14H,13H2,(H,25,26)/b17-14+. The minimum atomic E-state index is 0.164. The molecule has 5 heteroatoms. The van der Waals surface area contributed by atoms with Gasteiger partial charge in [-0.3, -0.25) is 0 Å². The minimum absolute atomic E-state index is 0.164. The average Bonchev–Trinajstić information content (AvgIpc) is 3.14. The second kappa shape index (κ2) is 7.92. The van der Waals surface area contributed by atoms with Gasteiger partial charge in [-0.1, -0.05) is 48.4 Å². The van der Waals surface area contributed by atoms with Crippen molar-refractivity contribution in [2.24, 2.45) is 0 Å². The Morgan fingerprint density at radius 2 is 1.96 bits per heavy atom. The van der Waals surface area contributed by atoms with Gasteiger partial charge in [-0.15, -0.1) is 6.42 Å². The Kier molecular flexibility index (Phi) is 5.01. The zero-order valence-corrected chi connectivity index (χ0v) is 15.7. The topological polar surface area (TPSA) is 61.7 Å². The third-order valence-electron chi connectivity index (χ3n) is 4.20. The molecule has 4 nitrogen and oxygen atoms in total. The van der Waals surface area contributed by atoms with Gasteiger partial charge >= 0.3 is 0 Å². The van der Waals surface area contributed by atoms with Crippen molar-refractivity contribution in [2.75, 3.05) is 6.61 Å². The minimum Gasteiger partial charge on any atom is -0.480 e. The monoisotopic (exact) mass is 381 g/mol. The molecule has 1 N–H and O–H groups in total. The van der Waals surface area contributed by atoms with E-state index in [2.05, 4.69) is 22.0 Å². The SMILES string of the molecule is C#CCOc1ccc2ccccc2c1/C=C(\C#N)Sc1nc2ccccc2[nH]1. The number of rotatable bonds is 5. The summed E-state index contributed by atoms with van der Waals surface area (Å²) in [5, 5.41) is 12.4. The summed E-state index contributed by atoms with van der Waals surface area (Å²) in [7, 11) is 0. The number of nitrogens with zero attached hydrogens (tertiary/aromatic N) is 2. The molecule has 0 bridgehead atoms. The summed E-state index contributed by atoms with van der Waals surface area (Å²) in [5.74, 6) is 3.13. The summed E-state index contributed by atoms with van der Waals surface area (Å²) >= 11 is 1.29. The van der Waals surface area contributed by atoms with Gasteiger partial charge in [-0.05, 0) is 46.8 Å². The number of hydrogen-bond donors (Lipinski definition) is 1. The maximum atomic E-state index is 9.71. The number of benzene rings is 3. The van der Waals surface area contributed by atoms with Gasteiger partial charge in [0.05, 0.1) is 15.9 Å². The van der Waals surface area contributed by atoms with Crippen LogP contribution in [0.5, 0.6) is 5.75 Å². The Morgan fingerprint density at radius 3 is 2.79 bits per heavy atom. The van der Waals surface area contributed by atoms with Gasteiger partial charge in [0.2, 0.25) is 0 Å². The largest absolute Gasteiger partial charge is 0.480 e. The van der Waals surface area contributed by atoms with E-state index in [1.807, 2.05) is 66.7 Å². The molecule has 1 aromatic heterocycles. The molecule has 3 aromatic carbocycles. The van der Waals surface area contributed by atoms with Crippen molar-refractivity contribution >= 4 is 39.6 Å². The molecule has 0 fully saturated rings. The molecule has 0 atom stereocenters. The summed E-state index contributed by atoms with van der Waals surface area (Å²) in [6.07, 6.45) is 7.17. The van der Waals surface area contributed by atoms with Crippen molar-refractivity contribution in [3.63, 3.8) is 0 Å². The van der Waals surface area contributed by atoms with Crippen molar-refractivity contribution < 1.29 is 4.74 Å². The van der Waals surface area contributed by atoms with E-state index in [0.29, 0.717) is 15.8 Å².